The number of aliphatic imine (C=N–C) groups is 1. The van der Waals surface area contributed by atoms with Crippen LogP contribution in [0.4, 0.5) is 0 Å². The third kappa shape index (κ3) is 9.24. The first kappa shape index (κ1) is 32.0. The van der Waals surface area contributed by atoms with Gasteiger partial charge in [-0.05, 0) is 43.7 Å². The van der Waals surface area contributed by atoms with Gasteiger partial charge < -0.3 is 48.3 Å². The highest BCUT2D eigenvalue weighted by atomic mass is 16.4. The van der Waals surface area contributed by atoms with E-state index in [-0.39, 0.29) is 31.8 Å². The summed E-state index contributed by atoms with van der Waals surface area (Å²) in [6, 6.07) is 2.77. The quantitative estimate of drug-likeness (QED) is 0.0709. The summed E-state index contributed by atoms with van der Waals surface area (Å²) >= 11 is 0. The minimum atomic E-state index is -1.48. The number of carboxylic acid groups (broad SMARTS) is 1. The molecule has 0 fully saturated rings. The molecule has 220 valence electrons. The summed E-state index contributed by atoms with van der Waals surface area (Å²) < 4.78 is 0. The number of amides is 3. The second-order valence-corrected chi connectivity index (χ2v) is 9.98. The molecule has 2 rings (SSSR count). The highest BCUT2D eigenvalue weighted by Gasteiger charge is 2.33. The van der Waals surface area contributed by atoms with Crippen molar-refractivity contribution >= 4 is 40.6 Å². The molecule has 12 N–H and O–H groups in total. The normalized spacial score (nSPS) is 14.9. The zero-order valence-electron chi connectivity index (χ0n) is 22.9. The van der Waals surface area contributed by atoms with E-state index < -0.39 is 59.9 Å². The van der Waals surface area contributed by atoms with Gasteiger partial charge in [0, 0.05) is 23.6 Å². The van der Waals surface area contributed by atoms with Crippen LogP contribution in [0, 0.1) is 5.92 Å². The van der Waals surface area contributed by atoms with Gasteiger partial charge in [0.05, 0.1) is 12.1 Å². The minimum absolute atomic E-state index is 0.0112. The molecule has 0 radical (unpaired) electrons. The van der Waals surface area contributed by atoms with Crippen LogP contribution in [-0.2, 0) is 25.6 Å². The van der Waals surface area contributed by atoms with Gasteiger partial charge in [0.15, 0.2) is 5.96 Å². The van der Waals surface area contributed by atoms with Crippen LogP contribution in [0.1, 0.15) is 39.2 Å². The van der Waals surface area contributed by atoms with E-state index in [2.05, 4.69) is 25.9 Å². The lowest BCUT2D eigenvalue weighted by Gasteiger charge is -2.28. The average Bonchev–Trinajstić information content (AvgIpc) is 3.29. The summed E-state index contributed by atoms with van der Waals surface area (Å²) in [7, 11) is 0. The number of carbonyl (C=O) groups is 4. The van der Waals surface area contributed by atoms with E-state index in [9.17, 15) is 29.4 Å². The standard InChI is InChI=1S/C26H40N8O6/c1-13(2)20(33-22(36)17(27)11-15-12-31-18-8-5-4-7-16(15)18)23(37)34-21(14(3)35)24(38)32-19(25(39)40)9-6-10-30-26(28)29/h4-5,7-8,12-14,17,19-21,31,35H,6,9-11,27H2,1-3H3,(H,32,38)(H,33,36)(H,34,37)(H,39,40)(H4,28,29,30). The van der Waals surface area contributed by atoms with Crippen LogP contribution in [0.5, 0.6) is 0 Å². The number of benzene rings is 1. The van der Waals surface area contributed by atoms with Gasteiger partial charge in [-0.1, -0.05) is 32.0 Å². The number of carbonyl (C=O) groups excluding carboxylic acids is 3. The Labute approximate surface area is 232 Å². The van der Waals surface area contributed by atoms with Crippen molar-refractivity contribution in [2.75, 3.05) is 6.54 Å². The predicted molar refractivity (Wildman–Crippen MR) is 150 cm³/mol. The van der Waals surface area contributed by atoms with Crippen molar-refractivity contribution in [2.24, 2.45) is 28.1 Å². The van der Waals surface area contributed by atoms with E-state index in [0.717, 1.165) is 16.5 Å². The van der Waals surface area contributed by atoms with Gasteiger partial charge in [-0.3, -0.25) is 19.4 Å². The number of H-pyrrole nitrogens is 1. The lowest BCUT2D eigenvalue weighted by atomic mass is 10.00. The number of aliphatic hydroxyl groups is 1. The smallest absolute Gasteiger partial charge is 0.326 e. The first-order valence-corrected chi connectivity index (χ1v) is 13.0. The van der Waals surface area contributed by atoms with Crippen molar-refractivity contribution < 1.29 is 29.4 Å². The molecule has 0 aliphatic heterocycles. The van der Waals surface area contributed by atoms with E-state index in [1.807, 2.05) is 24.3 Å². The summed E-state index contributed by atoms with van der Waals surface area (Å²) in [5.41, 5.74) is 18.4. The molecule has 14 heteroatoms. The molecule has 14 nitrogen and oxygen atoms in total. The molecule has 5 atom stereocenters. The molecular weight excluding hydrogens is 520 g/mol. The summed E-state index contributed by atoms with van der Waals surface area (Å²) in [6.45, 7) is 4.84. The highest BCUT2D eigenvalue weighted by Crippen LogP contribution is 2.19. The number of aliphatic carboxylic acids is 1. The molecule has 0 aliphatic carbocycles. The number of guanidine groups is 1. The van der Waals surface area contributed by atoms with E-state index in [0.29, 0.717) is 0 Å². The molecule has 5 unspecified atom stereocenters. The van der Waals surface area contributed by atoms with Crippen molar-refractivity contribution in [2.45, 2.75) is 70.3 Å². The Hall–Kier alpha value is -4.17. The number of aromatic nitrogens is 1. The molecule has 1 aromatic heterocycles. The highest BCUT2D eigenvalue weighted by molar-refractivity contribution is 5.94. The fourth-order valence-electron chi connectivity index (χ4n) is 4.10. The van der Waals surface area contributed by atoms with Gasteiger partial charge in [0.1, 0.15) is 18.1 Å². The molecule has 0 spiro atoms. The first-order chi connectivity index (χ1) is 18.8. The Kier molecular flexibility index (Phi) is 11.9. The number of hydrogen-bond acceptors (Lipinski definition) is 7. The first-order valence-electron chi connectivity index (χ1n) is 13.0. The fourth-order valence-corrected chi connectivity index (χ4v) is 4.10. The number of aliphatic hydroxyl groups excluding tert-OH is 1. The summed E-state index contributed by atoms with van der Waals surface area (Å²) in [5, 5.41) is 28.0. The molecule has 40 heavy (non-hydrogen) atoms. The van der Waals surface area contributed by atoms with Gasteiger partial charge >= 0.3 is 5.97 Å². The number of nitrogens with zero attached hydrogens (tertiary/aromatic N) is 1. The molecule has 1 aromatic carbocycles. The number of nitrogens with two attached hydrogens (primary N) is 3. The fraction of sp³-hybridized carbons (Fsp3) is 0.500. The van der Waals surface area contributed by atoms with Crippen LogP contribution in [0.3, 0.4) is 0 Å². The Morgan fingerprint density at radius 3 is 2.20 bits per heavy atom. The molecular formula is C26H40N8O6. The summed E-state index contributed by atoms with van der Waals surface area (Å²) in [4.78, 5) is 57.4. The topological polar surface area (TPSA) is 251 Å². The SMILES string of the molecule is CC(C)C(NC(=O)C(N)Cc1c[nH]c2ccccc12)C(=O)NC(C(=O)NC(CCCN=C(N)N)C(=O)O)C(C)O. The van der Waals surface area contributed by atoms with Crippen LogP contribution in [0.25, 0.3) is 10.9 Å². The molecule has 0 aliphatic rings. The van der Waals surface area contributed by atoms with E-state index in [1.165, 1.54) is 6.92 Å². The number of rotatable bonds is 15. The Balaban J connectivity index is 2.04. The van der Waals surface area contributed by atoms with Gasteiger partial charge in [0.25, 0.3) is 0 Å². The lowest BCUT2D eigenvalue weighted by Crippen LogP contribution is -2.60. The largest absolute Gasteiger partial charge is 0.480 e. The number of carboxylic acids is 1. The monoisotopic (exact) mass is 560 g/mol. The van der Waals surface area contributed by atoms with E-state index in [1.54, 1.807) is 20.0 Å². The number of nitrogens with one attached hydrogen (secondary N) is 4. The third-order valence-corrected chi connectivity index (χ3v) is 6.32. The molecule has 2 aromatic rings. The molecule has 0 saturated heterocycles. The van der Waals surface area contributed by atoms with Crippen molar-refractivity contribution in [1.82, 2.24) is 20.9 Å². The van der Waals surface area contributed by atoms with Crippen molar-refractivity contribution in [1.29, 1.82) is 0 Å². The maximum absolute atomic E-state index is 13.1. The Morgan fingerprint density at radius 1 is 0.975 bits per heavy atom. The number of para-hydroxylation sites is 1. The Bertz CT molecular complexity index is 1210. The number of fused-ring (bicyclic) bond motifs is 1. The van der Waals surface area contributed by atoms with E-state index in [4.69, 9.17) is 17.2 Å². The second-order valence-electron chi connectivity index (χ2n) is 9.98. The van der Waals surface area contributed by atoms with Crippen LogP contribution in [0.15, 0.2) is 35.5 Å². The van der Waals surface area contributed by atoms with Gasteiger partial charge in [-0.15, -0.1) is 0 Å². The zero-order valence-corrected chi connectivity index (χ0v) is 22.9. The maximum Gasteiger partial charge on any atom is 0.326 e. The average molecular weight is 561 g/mol. The third-order valence-electron chi connectivity index (χ3n) is 6.32. The minimum Gasteiger partial charge on any atom is -0.480 e. The Morgan fingerprint density at radius 2 is 1.60 bits per heavy atom. The van der Waals surface area contributed by atoms with Crippen LogP contribution in [0.2, 0.25) is 0 Å². The van der Waals surface area contributed by atoms with E-state index >= 15 is 0 Å². The molecule has 3 amide bonds. The molecule has 0 bridgehead atoms. The number of hydrogen-bond donors (Lipinski definition) is 9. The lowest BCUT2D eigenvalue weighted by molar-refractivity contribution is -0.143. The van der Waals surface area contributed by atoms with Gasteiger partial charge in [-0.2, -0.15) is 0 Å². The summed E-state index contributed by atoms with van der Waals surface area (Å²) in [6.07, 6.45) is 0.911. The predicted octanol–water partition coefficient (Wildman–Crippen LogP) is -1.33. The molecule has 0 saturated carbocycles. The zero-order chi connectivity index (χ0) is 30.0. The van der Waals surface area contributed by atoms with Gasteiger partial charge in [-0.25, -0.2) is 4.79 Å². The second kappa shape index (κ2) is 14.8. The van der Waals surface area contributed by atoms with Crippen LogP contribution >= 0.6 is 0 Å². The van der Waals surface area contributed by atoms with Crippen molar-refractivity contribution in [3.63, 3.8) is 0 Å². The maximum atomic E-state index is 13.1. The summed E-state index contributed by atoms with van der Waals surface area (Å²) in [5.74, 6) is -4.04. The van der Waals surface area contributed by atoms with Crippen molar-refractivity contribution in [3.8, 4) is 0 Å². The molecule has 1 heterocycles. The number of aromatic amines is 1. The van der Waals surface area contributed by atoms with Crippen LogP contribution in [-0.4, -0.2) is 81.7 Å². The van der Waals surface area contributed by atoms with Crippen LogP contribution < -0.4 is 33.2 Å². The van der Waals surface area contributed by atoms with Gasteiger partial charge in [0.2, 0.25) is 17.7 Å². The van der Waals surface area contributed by atoms with Crippen molar-refractivity contribution in [3.05, 3.63) is 36.0 Å².